The number of allylic oxidation sites excluding steroid dienone is 1. The first-order valence-corrected chi connectivity index (χ1v) is 9.15. The van der Waals surface area contributed by atoms with Crippen molar-refractivity contribution in [1.82, 2.24) is 4.31 Å². The number of carbonyl (C=O) groups is 1. The Labute approximate surface area is 162 Å². The van der Waals surface area contributed by atoms with E-state index < -0.39 is 23.3 Å². The second-order valence-electron chi connectivity index (χ2n) is 5.33. The van der Waals surface area contributed by atoms with E-state index in [1.807, 2.05) is 0 Å². The van der Waals surface area contributed by atoms with Crippen LogP contribution in [-0.2, 0) is 16.3 Å². The molecule has 1 amide bonds. The fraction of sp³-hybridized carbons (Fsp3) is 0.0588. The van der Waals surface area contributed by atoms with E-state index in [0.717, 1.165) is 6.07 Å². The minimum Gasteiger partial charge on any atom is -0.566 e. The molecule has 2 aromatic carbocycles. The standard InChI is InChI=1S/C17H12Cl2FN3O2S/c1-23-16(17(24)21-12-5-6-14(20)13(19)8-12)9-15(22-26(23)25)10-3-2-4-11(18)7-10/h2-9H,1H3,(H,21,24). The fourth-order valence-electron chi connectivity index (χ4n) is 2.24. The van der Waals surface area contributed by atoms with Gasteiger partial charge in [-0.2, -0.15) is 4.31 Å². The molecule has 26 heavy (non-hydrogen) atoms. The first kappa shape index (κ1) is 18.7. The first-order valence-electron chi connectivity index (χ1n) is 7.33. The Morgan fingerprint density at radius 2 is 2.04 bits per heavy atom. The average molecular weight is 412 g/mol. The van der Waals surface area contributed by atoms with Gasteiger partial charge in [0.1, 0.15) is 11.5 Å². The lowest BCUT2D eigenvalue weighted by atomic mass is 10.1. The highest BCUT2D eigenvalue weighted by Crippen LogP contribution is 2.24. The van der Waals surface area contributed by atoms with Gasteiger partial charge < -0.3 is 9.87 Å². The van der Waals surface area contributed by atoms with E-state index in [1.54, 1.807) is 24.3 Å². The highest BCUT2D eigenvalue weighted by molar-refractivity contribution is 7.88. The van der Waals surface area contributed by atoms with E-state index in [2.05, 4.69) is 9.71 Å². The van der Waals surface area contributed by atoms with Crippen LogP contribution in [0.2, 0.25) is 10.0 Å². The zero-order valence-electron chi connectivity index (χ0n) is 13.4. The number of halogens is 3. The lowest BCUT2D eigenvalue weighted by molar-refractivity contribution is -0.113. The number of rotatable bonds is 3. The summed E-state index contributed by atoms with van der Waals surface area (Å²) in [7, 11) is 1.48. The number of nitrogens with one attached hydrogen (secondary N) is 1. The molecule has 134 valence electrons. The van der Waals surface area contributed by atoms with Gasteiger partial charge in [0, 0.05) is 22.3 Å². The molecule has 9 heteroatoms. The summed E-state index contributed by atoms with van der Waals surface area (Å²) in [6.45, 7) is 0. The zero-order valence-corrected chi connectivity index (χ0v) is 15.7. The van der Waals surface area contributed by atoms with Crippen molar-refractivity contribution in [2.45, 2.75) is 0 Å². The molecular formula is C17H12Cl2FN3O2S. The van der Waals surface area contributed by atoms with Crippen molar-refractivity contribution in [3.63, 3.8) is 0 Å². The van der Waals surface area contributed by atoms with Crippen molar-refractivity contribution in [1.29, 1.82) is 0 Å². The van der Waals surface area contributed by atoms with Crippen molar-refractivity contribution in [2.24, 2.45) is 4.40 Å². The largest absolute Gasteiger partial charge is 0.566 e. The molecule has 0 saturated carbocycles. The number of anilines is 1. The summed E-state index contributed by atoms with van der Waals surface area (Å²) in [6.07, 6.45) is 1.51. The normalized spacial score (nSPS) is 16.8. The van der Waals surface area contributed by atoms with Crippen molar-refractivity contribution in [3.05, 3.63) is 75.7 Å². The smallest absolute Gasteiger partial charge is 0.276 e. The molecule has 1 aliphatic rings. The van der Waals surface area contributed by atoms with Crippen LogP contribution in [-0.4, -0.2) is 27.5 Å². The topological polar surface area (TPSA) is 67.8 Å². The van der Waals surface area contributed by atoms with Crippen LogP contribution in [0.4, 0.5) is 10.1 Å². The van der Waals surface area contributed by atoms with Crippen LogP contribution >= 0.6 is 23.2 Å². The molecular weight excluding hydrogens is 400 g/mol. The molecule has 0 spiro atoms. The quantitative estimate of drug-likeness (QED) is 0.776. The van der Waals surface area contributed by atoms with Crippen LogP contribution in [0.1, 0.15) is 5.56 Å². The van der Waals surface area contributed by atoms with Crippen molar-refractivity contribution in [2.75, 3.05) is 12.4 Å². The second kappa shape index (κ2) is 7.67. The molecule has 1 unspecified atom stereocenters. The van der Waals surface area contributed by atoms with Gasteiger partial charge in [-0.1, -0.05) is 35.3 Å². The van der Waals surface area contributed by atoms with Crippen LogP contribution in [0.15, 0.2) is 58.6 Å². The van der Waals surface area contributed by atoms with Crippen molar-refractivity contribution >= 4 is 52.1 Å². The molecule has 1 atom stereocenters. The van der Waals surface area contributed by atoms with E-state index in [0.29, 0.717) is 22.0 Å². The third-order valence-corrected chi connectivity index (χ3v) is 5.10. The molecule has 2 aromatic rings. The Kier molecular flexibility index (Phi) is 5.52. The van der Waals surface area contributed by atoms with Gasteiger partial charge in [-0.3, -0.25) is 4.79 Å². The SMILES string of the molecule is CN1C(C(=O)Nc2ccc(F)c(Cl)c2)=CC(c2cccc(Cl)c2)=N[S+]1[O-]. The van der Waals surface area contributed by atoms with Crippen LogP contribution in [0.3, 0.4) is 0 Å². The molecule has 0 radical (unpaired) electrons. The first-order chi connectivity index (χ1) is 12.3. The van der Waals surface area contributed by atoms with E-state index in [-0.39, 0.29) is 10.7 Å². The number of nitrogens with zero attached hydrogens (tertiary/aromatic N) is 2. The van der Waals surface area contributed by atoms with Gasteiger partial charge in [0.25, 0.3) is 5.91 Å². The van der Waals surface area contributed by atoms with E-state index in [4.69, 9.17) is 23.2 Å². The minimum atomic E-state index is -1.78. The number of likely N-dealkylation sites (N-methyl/N-ethyl adjacent to an activating group) is 1. The van der Waals surface area contributed by atoms with Gasteiger partial charge >= 0.3 is 0 Å². The summed E-state index contributed by atoms with van der Waals surface area (Å²) in [5, 5.41) is 2.98. The van der Waals surface area contributed by atoms with Crippen molar-refractivity contribution < 1.29 is 13.7 Å². The fourth-order valence-corrected chi connectivity index (χ4v) is 3.36. The van der Waals surface area contributed by atoms with Gasteiger partial charge in [-0.15, -0.1) is 0 Å². The highest BCUT2D eigenvalue weighted by atomic mass is 35.5. The third-order valence-electron chi connectivity index (χ3n) is 3.55. The summed E-state index contributed by atoms with van der Waals surface area (Å²) in [5.74, 6) is -1.12. The third kappa shape index (κ3) is 4.02. The number of benzene rings is 2. The lowest BCUT2D eigenvalue weighted by Crippen LogP contribution is -2.35. The van der Waals surface area contributed by atoms with Crippen LogP contribution in [0, 0.1) is 5.82 Å². The maximum Gasteiger partial charge on any atom is 0.276 e. The number of hydrogen-bond donors (Lipinski definition) is 1. The summed E-state index contributed by atoms with van der Waals surface area (Å²) in [6, 6.07) is 10.7. The molecule has 1 heterocycles. The van der Waals surface area contributed by atoms with Crippen LogP contribution < -0.4 is 5.32 Å². The average Bonchev–Trinajstić information content (AvgIpc) is 2.60. The molecule has 0 aromatic heterocycles. The molecule has 0 saturated heterocycles. The van der Waals surface area contributed by atoms with Gasteiger partial charge in [-0.25, -0.2) is 4.39 Å². The Morgan fingerprint density at radius 1 is 1.27 bits per heavy atom. The Hall–Kier alpha value is -2.06. The van der Waals surface area contributed by atoms with Gasteiger partial charge in [0.05, 0.1) is 12.1 Å². The highest BCUT2D eigenvalue weighted by Gasteiger charge is 2.30. The number of carbonyl (C=O) groups excluding carboxylic acids is 1. The van der Waals surface area contributed by atoms with Gasteiger partial charge in [-0.05, 0) is 34.7 Å². The van der Waals surface area contributed by atoms with E-state index in [9.17, 15) is 13.7 Å². The minimum absolute atomic E-state index is 0.112. The molecule has 0 fully saturated rings. The number of amides is 1. The monoisotopic (exact) mass is 411 g/mol. The molecule has 0 aliphatic carbocycles. The lowest BCUT2D eigenvalue weighted by Gasteiger charge is -2.23. The second-order valence-corrected chi connectivity index (χ2v) is 7.36. The predicted octanol–water partition coefficient (Wildman–Crippen LogP) is 3.97. The molecule has 1 aliphatic heterocycles. The predicted molar refractivity (Wildman–Crippen MR) is 102 cm³/mol. The molecule has 5 nitrogen and oxygen atoms in total. The van der Waals surface area contributed by atoms with E-state index >= 15 is 0 Å². The summed E-state index contributed by atoms with van der Waals surface area (Å²) >= 11 is 9.92. The Bertz CT molecular complexity index is 936. The molecule has 3 rings (SSSR count). The Morgan fingerprint density at radius 3 is 2.73 bits per heavy atom. The number of hydrogen-bond acceptors (Lipinski definition) is 4. The summed E-state index contributed by atoms with van der Waals surface area (Å²) in [5.41, 5.74) is 1.45. The maximum atomic E-state index is 13.2. The van der Waals surface area contributed by atoms with Crippen LogP contribution in [0.5, 0.6) is 0 Å². The van der Waals surface area contributed by atoms with Crippen molar-refractivity contribution in [3.8, 4) is 0 Å². The zero-order chi connectivity index (χ0) is 18.8. The molecule has 0 bridgehead atoms. The molecule has 1 N–H and O–H groups in total. The van der Waals surface area contributed by atoms with Gasteiger partial charge in [0.15, 0.2) is 5.70 Å². The van der Waals surface area contributed by atoms with E-state index in [1.165, 1.54) is 29.6 Å². The summed E-state index contributed by atoms with van der Waals surface area (Å²) < 4.78 is 30.8. The summed E-state index contributed by atoms with van der Waals surface area (Å²) in [4.78, 5) is 12.6. The maximum absolute atomic E-state index is 13.2. The Balaban J connectivity index is 1.90. The van der Waals surface area contributed by atoms with Crippen LogP contribution in [0.25, 0.3) is 0 Å². The van der Waals surface area contributed by atoms with Gasteiger partial charge in [0.2, 0.25) is 11.5 Å².